The van der Waals surface area contributed by atoms with E-state index in [4.69, 9.17) is 4.52 Å². The molecular formula is C18H19N5O2. The molecule has 1 aromatic carbocycles. The lowest BCUT2D eigenvalue weighted by Gasteiger charge is -2.27. The van der Waals surface area contributed by atoms with Crippen molar-refractivity contribution in [1.29, 1.82) is 0 Å². The van der Waals surface area contributed by atoms with Gasteiger partial charge in [0.2, 0.25) is 5.91 Å². The first-order chi connectivity index (χ1) is 12.1. The van der Waals surface area contributed by atoms with Crippen molar-refractivity contribution in [3.05, 3.63) is 48.2 Å². The summed E-state index contributed by atoms with van der Waals surface area (Å²) in [6.07, 6.45) is 2.51. The zero-order valence-corrected chi connectivity index (χ0v) is 14.2. The molecule has 3 aromatic rings. The number of para-hydroxylation sites is 1. The van der Waals surface area contributed by atoms with Crippen molar-refractivity contribution in [2.45, 2.75) is 25.8 Å². The maximum Gasteiger partial charge on any atom is 0.254 e. The molecular weight excluding hydrogens is 318 g/mol. The molecule has 3 heterocycles. The van der Waals surface area contributed by atoms with Crippen LogP contribution in [0.4, 0.5) is 5.69 Å². The lowest BCUT2D eigenvalue weighted by molar-refractivity contribution is -0.121. The Labute approximate surface area is 145 Å². The van der Waals surface area contributed by atoms with E-state index in [1.165, 1.54) is 6.92 Å². The number of pyridine rings is 1. The van der Waals surface area contributed by atoms with Gasteiger partial charge in [-0.05, 0) is 25.5 Å². The third-order valence-electron chi connectivity index (χ3n) is 4.59. The van der Waals surface area contributed by atoms with Crippen molar-refractivity contribution in [3.63, 3.8) is 0 Å². The molecule has 128 valence electrons. The normalized spacial score (nSPS) is 20.2. The Balaban J connectivity index is 1.73. The molecule has 1 fully saturated rings. The Morgan fingerprint density at radius 1 is 1.32 bits per heavy atom. The highest BCUT2D eigenvalue weighted by molar-refractivity contribution is 5.91. The number of benzene rings is 1. The summed E-state index contributed by atoms with van der Waals surface area (Å²) in [5.74, 6) is 0.908. The maximum atomic E-state index is 11.8. The smallest absolute Gasteiger partial charge is 0.254 e. The minimum Gasteiger partial charge on any atom is -0.368 e. The number of aryl methyl sites for hydroxylation is 1. The van der Waals surface area contributed by atoms with E-state index in [9.17, 15) is 4.79 Å². The fourth-order valence-electron chi connectivity index (χ4n) is 3.53. The van der Waals surface area contributed by atoms with E-state index in [-0.39, 0.29) is 5.91 Å². The highest BCUT2D eigenvalue weighted by Gasteiger charge is 2.45. The molecule has 7 heteroatoms. The zero-order valence-electron chi connectivity index (χ0n) is 14.2. The first-order valence-electron chi connectivity index (χ1n) is 8.26. The molecule has 0 aliphatic carbocycles. The van der Waals surface area contributed by atoms with Crippen LogP contribution in [0.2, 0.25) is 0 Å². The second-order valence-corrected chi connectivity index (χ2v) is 6.43. The van der Waals surface area contributed by atoms with Crippen LogP contribution in [0.1, 0.15) is 25.1 Å². The van der Waals surface area contributed by atoms with Crippen molar-refractivity contribution in [3.8, 4) is 0 Å². The minimum absolute atomic E-state index is 0.114. The SMILES string of the molecule is CC(=O)NC1(c2nc(C)no2)CCN(c2ccnc3ccccc23)C1. The van der Waals surface area contributed by atoms with Gasteiger partial charge in [-0.25, -0.2) is 0 Å². The van der Waals surface area contributed by atoms with Gasteiger partial charge in [-0.1, -0.05) is 23.4 Å². The average molecular weight is 337 g/mol. The van der Waals surface area contributed by atoms with Gasteiger partial charge in [-0.2, -0.15) is 4.98 Å². The van der Waals surface area contributed by atoms with E-state index in [1.54, 1.807) is 6.92 Å². The summed E-state index contributed by atoms with van der Waals surface area (Å²) >= 11 is 0. The number of anilines is 1. The molecule has 2 aromatic heterocycles. The maximum absolute atomic E-state index is 11.8. The van der Waals surface area contributed by atoms with Crippen LogP contribution in [-0.2, 0) is 10.3 Å². The van der Waals surface area contributed by atoms with Crippen LogP contribution in [0.5, 0.6) is 0 Å². The number of amides is 1. The summed E-state index contributed by atoms with van der Waals surface area (Å²) in [6.45, 7) is 4.63. The van der Waals surface area contributed by atoms with Gasteiger partial charge >= 0.3 is 0 Å². The van der Waals surface area contributed by atoms with Gasteiger partial charge < -0.3 is 14.7 Å². The van der Waals surface area contributed by atoms with Crippen LogP contribution in [0.15, 0.2) is 41.1 Å². The lowest BCUT2D eigenvalue weighted by Crippen LogP contribution is -2.47. The van der Waals surface area contributed by atoms with Crippen molar-refractivity contribution in [2.24, 2.45) is 0 Å². The molecule has 0 radical (unpaired) electrons. The summed E-state index contributed by atoms with van der Waals surface area (Å²) in [5, 5.41) is 8.02. The largest absolute Gasteiger partial charge is 0.368 e. The molecule has 0 spiro atoms. The third kappa shape index (κ3) is 2.71. The Kier molecular flexibility index (Phi) is 3.63. The number of aromatic nitrogens is 3. The van der Waals surface area contributed by atoms with E-state index < -0.39 is 5.54 Å². The van der Waals surface area contributed by atoms with Gasteiger partial charge in [0.1, 0.15) is 5.54 Å². The van der Waals surface area contributed by atoms with Crippen molar-refractivity contribution < 1.29 is 9.32 Å². The van der Waals surface area contributed by atoms with Crippen molar-refractivity contribution >= 4 is 22.5 Å². The number of fused-ring (bicyclic) bond motifs is 1. The molecule has 1 saturated heterocycles. The summed E-state index contributed by atoms with van der Waals surface area (Å²) in [7, 11) is 0. The molecule has 4 rings (SSSR count). The first kappa shape index (κ1) is 15.6. The first-order valence-corrected chi connectivity index (χ1v) is 8.26. The predicted molar refractivity (Wildman–Crippen MR) is 93.1 cm³/mol. The third-order valence-corrected chi connectivity index (χ3v) is 4.59. The number of hydrogen-bond acceptors (Lipinski definition) is 6. The lowest BCUT2D eigenvalue weighted by atomic mass is 9.98. The van der Waals surface area contributed by atoms with Crippen molar-refractivity contribution in [2.75, 3.05) is 18.0 Å². The Morgan fingerprint density at radius 3 is 2.92 bits per heavy atom. The molecule has 1 N–H and O–H groups in total. The fraction of sp³-hybridized carbons (Fsp3) is 0.333. The summed E-state index contributed by atoms with van der Waals surface area (Å²) < 4.78 is 5.41. The van der Waals surface area contributed by atoms with Crippen LogP contribution in [0.3, 0.4) is 0 Å². The highest BCUT2D eigenvalue weighted by Crippen LogP contribution is 2.36. The van der Waals surface area contributed by atoms with E-state index in [1.807, 2.05) is 30.5 Å². The number of nitrogens with zero attached hydrogens (tertiary/aromatic N) is 4. The molecule has 25 heavy (non-hydrogen) atoms. The molecule has 0 saturated carbocycles. The van der Waals surface area contributed by atoms with E-state index in [0.717, 1.165) is 23.1 Å². The van der Waals surface area contributed by atoms with Crippen LogP contribution in [0, 0.1) is 6.92 Å². The van der Waals surface area contributed by atoms with E-state index in [0.29, 0.717) is 24.7 Å². The standard InChI is InChI=1S/C18H19N5O2/c1-12-20-17(25-22-12)18(21-13(2)24)8-10-23(11-18)16-7-9-19-15-6-4-3-5-14(15)16/h3-7,9H,8,10-11H2,1-2H3,(H,21,24). The predicted octanol–water partition coefficient (Wildman–Crippen LogP) is 2.17. The zero-order chi connectivity index (χ0) is 17.4. The van der Waals surface area contributed by atoms with Gasteiger partial charge in [0, 0.05) is 30.7 Å². The summed E-state index contributed by atoms with van der Waals surface area (Å²) in [6, 6.07) is 10.0. The molecule has 1 unspecified atom stereocenters. The second-order valence-electron chi connectivity index (χ2n) is 6.43. The molecule has 1 aliphatic rings. The molecule has 7 nitrogen and oxygen atoms in total. The van der Waals surface area contributed by atoms with Gasteiger partial charge in [0.15, 0.2) is 5.82 Å². The molecule has 0 bridgehead atoms. The topological polar surface area (TPSA) is 84.2 Å². The Bertz CT molecular complexity index is 933. The van der Waals surface area contributed by atoms with Gasteiger partial charge in [0.05, 0.1) is 12.1 Å². The number of hydrogen-bond donors (Lipinski definition) is 1. The molecule has 1 amide bonds. The fourth-order valence-corrected chi connectivity index (χ4v) is 3.53. The van der Waals surface area contributed by atoms with E-state index >= 15 is 0 Å². The van der Waals surface area contributed by atoms with Crippen LogP contribution < -0.4 is 10.2 Å². The number of nitrogens with one attached hydrogen (secondary N) is 1. The van der Waals surface area contributed by atoms with Crippen molar-refractivity contribution in [1.82, 2.24) is 20.4 Å². The van der Waals surface area contributed by atoms with Crippen LogP contribution in [-0.4, -0.2) is 34.1 Å². The minimum atomic E-state index is -0.669. The molecule has 1 atom stereocenters. The van der Waals surface area contributed by atoms with E-state index in [2.05, 4.69) is 31.4 Å². The Morgan fingerprint density at radius 2 is 2.16 bits per heavy atom. The quantitative estimate of drug-likeness (QED) is 0.788. The molecule has 1 aliphatic heterocycles. The van der Waals surface area contributed by atoms with Gasteiger partial charge in [0.25, 0.3) is 5.89 Å². The average Bonchev–Trinajstić information content (AvgIpc) is 3.21. The monoisotopic (exact) mass is 337 g/mol. The summed E-state index contributed by atoms with van der Waals surface area (Å²) in [4.78, 5) is 22.8. The van der Waals surface area contributed by atoms with Crippen LogP contribution in [0.25, 0.3) is 10.9 Å². The highest BCUT2D eigenvalue weighted by atomic mass is 16.5. The summed E-state index contributed by atoms with van der Waals surface area (Å²) in [5.41, 5.74) is 1.37. The number of carbonyl (C=O) groups excluding carboxylic acids is 1. The van der Waals surface area contributed by atoms with Gasteiger partial charge in [-0.3, -0.25) is 9.78 Å². The number of rotatable bonds is 3. The number of carbonyl (C=O) groups is 1. The Hall–Kier alpha value is -2.96. The van der Waals surface area contributed by atoms with Gasteiger partial charge in [-0.15, -0.1) is 0 Å². The van der Waals surface area contributed by atoms with Crippen LogP contribution >= 0.6 is 0 Å². The second kappa shape index (κ2) is 5.84.